The molecule has 0 bridgehead atoms. The number of nitrogens with one attached hydrogen (secondary N) is 1. The molecule has 0 aliphatic carbocycles. The molecule has 7 heteroatoms. The first-order valence-corrected chi connectivity index (χ1v) is 9.00. The summed E-state index contributed by atoms with van der Waals surface area (Å²) in [5, 5.41) is 5.26. The van der Waals surface area contributed by atoms with Gasteiger partial charge in [-0.25, -0.2) is 4.98 Å². The van der Waals surface area contributed by atoms with Gasteiger partial charge in [-0.2, -0.15) is 0 Å². The van der Waals surface area contributed by atoms with Crippen LogP contribution in [0.1, 0.15) is 17.3 Å². The molecule has 0 spiro atoms. The van der Waals surface area contributed by atoms with Crippen LogP contribution < -0.4 is 19.5 Å². The predicted octanol–water partition coefficient (Wildman–Crippen LogP) is 4.19. The lowest BCUT2D eigenvalue weighted by Gasteiger charge is -2.05. The second-order valence-electron chi connectivity index (χ2n) is 5.52. The summed E-state index contributed by atoms with van der Waals surface area (Å²) < 4.78 is 16.1. The molecule has 0 radical (unpaired) electrons. The maximum absolute atomic E-state index is 12.4. The second-order valence-corrected chi connectivity index (χ2v) is 6.38. The van der Waals surface area contributed by atoms with E-state index in [0.29, 0.717) is 23.1 Å². The van der Waals surface area contributed by atoms with Crippen molar-refractivity contribution in [3.05, 3.63) is 53.4 Å². The highest BCUT2D eigenvalue weighted by molar-refractivity contribution is 7.14. The third kappa shape index (κ3) is 3.34. The van der Waals surface area contributed by atoms with E-state index in [9.17, 15) is 4.79 Å². The van der Waals surface area contributed by atoms with Crippen molar-refractivity contribution in [2.45, 2.75) is 6.92 Å². The van der Waals surface area contributed by atoms with Crippen molar-refractivity contribution in [2.24, 2.45) is 0 Å². The summed E-state index contributed by atoms with van der Waals surface area (Å²) in [7, 11) is 0. The van der Waals surface area contributed by atoms with Gasteiger partial charge in [0.25, 0.3) is 5.91 Å². The van der Waals surface area contributed by atoms with E-state index >= 15 is 0 Å². The SMILES string of the molecule is CCOc1ccc(C(=O)Nc2nc(-c3ccc4c(c3)OCO4)cs2)cc1. The zero-order valence-corrected chi connectivity index (χ0v) is 14.8. The van der Waals surface area contributed by atoms with E-state index in [0.717, 1.165) is 22.8 Å². The molecule has 132 valence electrons. The number of benzene rings is 2. The summed E-state index contributed by atoms with van der Waals surface area (Å²) >= 11 is 1.37. The van der Waals surface area contributed by atoms with E-state index in [2.05, 4.69) is 10.3 Å². The molecule has 6 nitrogen and oxygen atoms in total. The van der Waals surface area contributed by atoms with Gasteiger partial charge in [0.15, 0.2) is 16.6 Å². The number of fused-ring (bicyclic) bond motifs is 1. The molecule has 0 unspecified atom stereocenters. The average molecular weight is 368 g/mol. The van der Waals surface area contributed by atoms with Crippen LogP contribution in [0.5, 0.6) is 17.2 Å². The third-order valence-electron chi connectivity index (χ3n) is 3.82. The van der Waals surface area contributed by atoms with Crippen molar-refractivity contribution >= 4 is 22.4 Å². The molecule has 0 atom stereocenters. The fourth-order valence-electron chi connectivity index (χ4n) is 2.56. The van der Waals surface area contributed by atoms with Gasteiger partial charge < -0.3 is 14.2 Å². The topological polar surface area (TPSA) is 69.7 Å². The molecular weight excluding hydrogens is 352 g/mol. The summed E-state index contributed by atoms with van der Waals surface area (Å²) in [5.74, 6) is 1.96. The van der Waals surface area contributed by atoms with E-state index in [1.807, 2.05) is 30.5 Å². The summed E-state index contributed by atoms with van der Waals surface area (Å²) in [6.45, 7) is 2.74. The normalized spacial score (nSPS) is 12.0. The molecule has 0 fully saturated rings. The molecule has 1 aliphatic heterocycles. The van der Waals surface area contributed by atoms with Crippen LogP contribution in [-0.4, -0.2) is 24.3 Å². The molecule has 2 heterocycles. The van der Waals surface area contributed by atoms with E-state index < -0.39 is 0 Å². The summed E-state index contributed by atoms with van der Waals surface area (Å²) in [5.41, 5.74) is 2.23. The van der Waals surface area contributed by atoms with Crippen LogP contribution in [0.2, 0.25) is 0 Å². The van der Waals surface area contributed by atoms with Crippen molar-refractivity contribution in [3.63, 3.8) is 0 Å². The molecule has 4 rings (SSSR count). The highest BCUT2D eigenvalue weighted by Gasteiger charge is 2.16. The molecule has 1 N–H and O–H groups in total. The third-order valence-corrected chi connectivity index (χ3v) is 4.58. The van der Waals surface area contributed by atoms with E-state index in [1.165, 1.54) is 11.3 Å². The average Bonchev–Trinajstić information content (AvgIpc) is 3.31. The monoisotopic (exact) mass is 368 g/mol. The standard InChI is InChI=1S/C19H16N2O4S/c1-2-23-14-6-3-12(4-7-14)18(22)21-19-20-15(10-26-19)13-5-8-16-17(9-13)25-11-24-16/h3-10H,2,11H2,1H3,(H,20,21,22). The smallest absolute Gasteiger partial charge is 0.257 e. The molecule has 0 saturated carbocycles. The predicted molar refractivity (Wildman–Crippen MR) is 99.2 cm³/mol. The first-order chi connectivity index (χ1) is 12.7. The van der Waals surface area contributed by atoms with Crippen LogP contribution in [0.4, 0.5) is 5.13 Å². The van der Waals surface area contributed by atoms with Gasteiger partial charge in [0.2, 0.25) is 6.79 Å². The first-order valence-electron chi connectivity index (χ1n) is 8.12. The molecule has 2 aromatic carbocycles. The first kappa shape index (κ1) is 16.4. The number of rotatable bonds is 5. The van der Waals surface area contributed by atoms with Gasteiger partial charge in [-0.1, -0.05) is 0 Å². The lowest BCUT2D eigenvalue weighted by molar-refractivity contribution is 0.102. The van der Waals surface area contributed by atoms with Crippen molar-refractivity contribution in [1.82, 2.24) is 4.98 Å². The van der Waals surface area contributed by atoms with E-state index in [4.69, 9.17) is 14.2 Å². The Kier molecular flexibility index (Phi) is 4.45. The molecule has 26 heavy (non-hydrogen) atoms. The molecule has 1 amide bonds. The number of nitrogens with zero attached hydrogens (tertiary/aromatic N) is 1. The Bertz CT molecular complexity index is 937. The van der Waals surface area contributed by atoms with Gasteiger partial charge in [0.1, 0.15) is 5.75 Å². The Balaban J connectivity index is 1.47. The maximum atomic E-state index is 12.4. The number of carbonyl (C=O) groups is 1. The van der Waals surface area contributed by atoms with Crippen molar-refractivity contribution < 1.29 is 19.0 Å². The van der Waals surface area contributed by atoms with Crippen LogP contribution in [0.3, 0.4) is 0 Å². The number of aromatic nitrogens is 1. The van der Waals surface area contributed by atoms with Gasteiger partial charge in [0, 0.05) is 16.5 Å². The van der Waals surface area contributed by atoms with Crippen LogP contribution in [0, 0.1) is 0 Å². The summed E-state index contributed by atoms with van der Waals surface area (Å²) in [6, 6.07) is 12.7. The minimum Gasteiger partial charge on any atom is -0.494 e. The minimum atomic E-state index is -0.209. The van der Waals surface area contributed by atoms with Crippen molar-refractivity contribution in [1.29, 1.82) is 0 Å². The maximum Gasteiger partial charge on any atom is 0.257 e. The zero-order chi connectivity index (χ0) is 17.9. The Morgan fingerprint density at radius 3 is 2.81 bits per heavy atom. The number of thiazole rings is 1. The fraction of sp³-hybridized carbons (Fsp3) is 0.158. The van der Waals surface area contributed by atoms with Gasteiger partial charge >= 0.3 is 0 Å². The molecule has 3 aromatic rings. The number of hydrogen-bond acceptors (Lipinski definition) is 6. The number of carbonyl (C=O) groups excluding carboxylic acids is 1. The number of hydrogen-bond donors (Lipinski definition) is 1. The summed E-state index contributed by atoms with van der Waals surface area (Å²) in [4.78, 5) is 16.8. The van der Waals surface area contributed by atoms with Crippen LogP contribution >= 0.6 is 11.3 Å². The van der Waals surface area contributed by atoms with Crippen LogP contribution in [0.15, 0.2) is 47.8 Å². The van der Waals surface area contributed by atoms with E-state index in [1.54, 1.807) is 24.3 Å². The minimum absolute atomic E-state index is 0.209. The zero-order valence-electron chi connectivity index (χ0n) is 14.0. The lowest BCUT2D eigenvalue weighted by Crippen LogP contribution is -2.11. The molecular formula is C19H16N2O4S. The van der Waals surface area contributed by atoms with Gasteiger partial charge in [0.05, 0.1) is 12.3 Å². The number of anilines is 1. The van der Waals surface area contributed by atoms with Crippen LogP contribution in [-0.2, 0) is 0 Å². The number of ether oxygens (including phenoxy) is 3. The van der Waals surface area contributed by atoms with Gasteiger partial charge in [-0.15, -0.1) is 11.3 Å². The van der Waals surface area contributed by atoms with Crippen LogP contribution in [0.25, 0.3) is 11.3 Å². The highest BCUT2D eigenvalue weighted by atomic mass is 32.1. The lowest BCUT2D eigenvalue weighted by atomic mass is 10.1. The Morgan fingerprint density at radius 2 is 2.00 bits per heavy atom. The highest BCUT2D eigenvalue weighted by Crippen LogP contribution is 2.36. The van der Waals surface area contributed by atoms with Gasteiger partial charge in [-0.05, 0) is 49.4 Å². The Labute approximate surface area is 154 Å². The fourth-order valence-corrected chi connectivity index (χ4v) is 3.27. The largest absolute Gasteiger partial charge is 0.494 e. The Morgan fingerprint density at radius 1 is 1.19 bits per heavy atom. The van der Waals surface area contributed by atoms with Crippen molar-refractivity contribution in [3.8, 4) is 28.5 Å². The summed E-state index contributed by atoms with van der Waals surface area (Å²) in [6.07, 6.45) is 0. The second kappa shape index (κ2) is 7.05. The quantitative estimate of drug-likeness (QED) is 0.731. The van der Waals surface area contributed by atoms with E-state index in [-0.39, 0.29) is 12.7 Å². The molecule has 1 aromatic heterocycles. The molecule has 1 aliphatic rings. The molecule has 0 saturated heterocycles. The number of amides is 1. The van der Waals surface area contributed by atoms with Crippen molar-refractivity contribution in [2.75, 3.05) is 18.7 Å². The van der Waals surface area contributed by atoms with Gasteiger partial charge in [-0.3, -0.25) is 10.1 Å². The Hall–Kier alpha value is -3.06.